The molecule has 35 heavy (non-hydrogen) atoms. The van der Waals surface area contributed by atoms with Crippen LogP contribution in [-0.2, 0) is 26.2 Å². The third kappa shape index (κ3) is 7.74. The average molecular weight is 510 g/mol. The van der Waals surface area contributed by atoms with E-state index in [1.165, 1.54) is 4.90 Å². The van der Waals surface area contributed by atoms with Crippen LogP contribution < -0.4 is 9.62 Å². The maximum absolute atomic E-state index is 13.9. The van der Waals surface area contributed by atoms with Gasteiger partial charge in [-0.25, -0.2) is 17.2 Å². The zero-order chi connectivity index (χ0) is 26.6. The lowest BCUT2D eigenvalue weighted by Crippen LogP contribution is -2.55. The third-order valence-corrected chi connectivity index (χ3v) is 6.50. The van der Waals surface area contributed by atoms with E-state index in [2.05, 4.69) is 5.32 Å². The Balaban J connectivity index is 2.49. The Morgan fingerprint density at radius 2 is 1.69 bits per heavy atom. The fourth-order valence-electron chi connectivity index (χ4n) is 3.60. The zero-order valence-electron chi connectivity index (χ0n) is 20.9. The Bertz CT molecular complexity index is 1180. The van der Waals surface area contributed by atoms with Gasteiger partial charge in [0.2, 0.25) is 21.8 Å². The molecule has 2 amide bonds. The second-order valence-electron chi connectivity index (χ2n) is 9.48. The summed E-state index contributed by atoms with van der Waals surface area (Å²) >= 11 is 0. The van der Waals surface area contributed by atoms with Gasteiger partial charge in [-0.15, -0.1) is 0 Å². The van der Waals surface area contributed by atoms with Gasteiger partial charge in [0.1, 0.15) is 12.6 Å². The highest BCUT2D eigenvalue weighted by Crippen LogP contribution is 2.22. The van der Waals surface area contributed by atoms with Crippen LogP contribution in [0.1, 0.15) is 45.2 Å². The van der Waals surface area contributed by atoms with Crippen molar-refractivity contribution in [3.05, 3.63) is 65.2 Å². The van der Waals surface area contributed by atoms with E-state index in [0.29, 0.717) is 4.31 Å². The topological polar surface area (TPSA) is 86.8 Å². The Morgan fingerprint density at radius 1 is 1.06 bits per heavy atom. The Kier molecular flexibility index (Phi) is 9.00. The SMILES string of the molecule is CC[C@@H](C(=O)NC(C)(C)C)N(Cc1ccccc1C)C(=O)CN(c1ccc(F)c(F)c1)S(C)(=O)=O. The second kappa shape index (κ2) is 11.2. The van der Waals surface area contributed by atoms with Gasteiger partial charge in [-0.1, -0.05) is 31.2 Å². The molecule has 0 spiro atoms. The van der Waals surface area contributed by atoms with Crippen molar-refractivity contribution < 1.29 is 26.8 Å². The van der Waals surface area contributed by atoms with Crippen LogP contribution in [0.4, 0.5) is 14.5 Å². The number of benzene rings is 2. The number of carbonyl (C=O) groups is 2. The highest BCUT2D eigenvalue weighted by Gasteiger charge is 2.33. The number of hydrogen-bond acceptors (Lipinski definition) is 4. The van der Waals surface area contributed by atoms with Crippen LogP contribution in [0.2, 0.25) is 0 Å². The predicted octanol–water partition coefficient (Wildman–Crippen LogP) is 3.76. The van der Waals surface area contributed by atoms with E-state index < -0.39 is 45.7 Å². The fraction of sp³-hybridized carbons (Fsp3) is 0.440. The third-order valence-electron chi connectivity index (χ3n) is 5.36. The van der Waals surface area contributed by atoms with Crippen LogP contribution in [0.15, 0.2) is 42.5 Å². The molecule has 2 rings (SSSR count). The number of aryl methyl sites for hydroxylation is 1. The Morgan fingerprint density at radius 3 is 2.20 bits per heavy atom. The molecule has 0 aliphatic rings. The molecule has 2 aromatic rings. The van der Waals surface area contributed by atoms with Crippen molar-refractivity contribution in [3.8, 4) is 0 Å². The normalized spacial score (nSPS) is 12.7. The predicted molar refractivity (Wildman–Crippen MR) is 132 cm³/mol. The molecule has 10 heteroatoms. The quantitative estimate of drug-likeness (QED) is 0.558. The van der Waals surface area contributed by atoms with E-state index in [1.54, 1.807) is 6.92 Å². The molecule has 0 radical (unpaired) electrons. The first-order valence-electron chi connectivity index (χ1n) is 11.2. The minimum absolute atomic E-state index is 0.0664. The first-order chi connectivity index (χ1) is 16.1. The molecule has 0 aliphatic carbocycles. The lowest BCUT2D eigenvalue weighted by Gasteiger charge is -2.34. The van der Waals surface area contributed by atoms with Gasteiger partial charge in [-0.2, -0.15) is 0 Å². The number of nitrogens with zero attached hydrogens (tertiary/aromatic N) is 2. The summed E-state index contributed by atoms with van der Waals surface area (Å²) in [5, 5.41) is 2.88. The lowest BCUT2D eigenvalue weighted by atomic mass is 10.0. The first kappa shape index (κ1) is 28.2. The molecule has 1 N–H and O–H groups in total. The van der Waals surface area contributed by atoms with E-state index in [0.717, 1.165) is 35.6 Å². The number of nitrogens with one attached hydrogen (secondary N) is 1. The molecule has 0 saturated carbocycles. The summed E-state index contributed by atoms with van der Waals surface area (Å²) in [6, 6.07) is 9.08. The number of rotatable bonds is 9. The molecule has 0 unspecified atom stereocenters. The standard InChI is InChI=1S/C25H33F2N3O4S/c1-7-22(24(32)28-25(3,4)5)29(15-18-11-9-8-10-17(18)2)23(31)16-30(35(6,33)34)19-12-13-20(26)21(27)14-19/h8-14,22H,7,15-16H2,1-6H3,(H,28,32)/t22-/m0/s1. The van der Waals surface area contributed by atoms with Gasteiger partial charge >= 0.3 is 0 Å². The van der Waals surface area contributed by atoms with Gasteiger partial charge in [0, 0.05) is 18.2 Å². The molecule has 7 nitrogen and oxygen atoms in total. The molecule has 0 aromatic heterocycles. The van der Waals surface area contributed by atoms with E-state index in [-0.39, 0.29) is 24.6 Å². The maximum atomic E-state index is 13.9. The summed E-state index contributed by atoms with van der Waals surface area (Å²) in [5.41, 5.74) is 0.952. The maximum Gasteiger partial charge on any atom is 0.244 e. The van der Waals surface area contributed by atoms with Crippen molar-refractivity contribution in [1.29, 1.82) is 0 Å². The van der Waals surface area contributed by atoms with Gasteiger partial charge in [-0.3, -0.25) is 13.9 Å². The van der Waals surface area contributed by atoms with Gasteiger partial charge in [0.15, 0.2) is 11.6 Å². The summed E-state index contributed by atoms with van der Waals surface area (Å²) < 4.78 is 53.0. The van der Waals surface area contributed by atoms with Crippen molar-refractivity contribution in [2.75, 3.05) is 17.1 Å². The molecule has 2 aromatic carbocycles. The zero-order valence-corrected chi connectivity index (χ0v) is 21.7. The number of carbonyl (C=O) groups excluding carboxylic acids is 2. The van der Waals surface area contributed by atoms with Crippen molar-refractivity contribution >= 4 is 27.5 Å². The summed E-state index contributed by atoms with van der Waals surface area (Å²) in [6.07, 6.45) is 1.15. The van der Waals surface area contributed by atoms with Crippen molar-refractivity contribution in [1.82, 2.24) is 10.2 Å². The molecule has 0 saturated heterocycles. The molecule has 1 atom stereocenters. The average Bonchev–Trinajstić information content (AvgIpc) is 2.73. The monoisotopic (exact) mass is 509 g/mol. The molecule has 0 fully saturated rings. The fourth-order valence-corrected chi connectivity index (χ4v) is 4.44. The highest BCUT2D eigenvalue weighted by atomic mass is 32.2. The van der Waals surface area contributed by atoms with E-state index in [4.69, 9.17) is 0 Å². The van der Waals surface area contributed by atoms with Crippen LogP contribution in [0.3, 0.4) is 0 Å². The van der Waals surface area contributed by atoms with Crippen molar-refractivity contribution in [2.24, 2.45) is 0 Å². The van der Waals surface area contributed by atoms with Crippen molar-refractivity contribution in [3.63, 3.8) is 0 Å². The minimum Gasteiger partial charge on any atom is -0.350 e. The van der Waals surface area contributed by atoms with Crippen LogP contribution in [0, 0.1) is 18.6 Å². The summed E-state index contributed by atoms with van der Waals surface area (Å²) in [4.78, 5) is 28.0. The molecule has 0 heterocycles. The molecular weight excluding hydrogens is 476 g/mol. The number of halogens is 2. The summed E-state index contributed by atoms with van der Waals surface area (Å²) in [5.74, 6) is -3.41. The van der Waals surface area contributed by atoms with Gasteiger partial charge < -0.3 is 10.2 Å². The molecule has 192 valence electrons. The Labute approximate surface area is 206 Å². The number of hydrogen-bond donors (Lipinski definition) is 1. The van der Waals surface area contributed by atoms with Crippen LogP contribution in [-0.4, -0.2) is 49.5 Å². The minimum atomic E-state index is -4.04. The highest BCUT2D eigenvalue weighted by molar-refractivity contribution is 7.92. The first-order valence-corrected chi connectivity index (χ1v) is 13.1. The van der Waals surface area contributed by atoms with E-state index in [9.17, 15) is 26.8 Å². The van der Waals surface area contributed by atoms with E-state index >= 15 is 0 Å². The molecule has 0 aliphatic heterocycles. The van der Waals surface area contributed by atoms with Gasteiger partial charge in [0.05, 0.1) is 11.9 Å². The van der Waals surface area contributed by atoms with Gasteiger partial charge in [-0.05, 0) is 57.4 Å². The largest absolute Gasteiger partial charge is 0.350 e. The number of sulfonamides is 1. The van der Waals surface area contributed by atoms with Crippen LogP contribution in [0.5, 0.6) is 0 Å². The van der Waals surface area contributed by atoms with Crippen LogP contribution >= 0.6 is 0 Å². The molecular formula is C25H33F2N3O4S. The second-order valence-corrected chi connectivity index (χ2v) is 11.4. The lowest BCUT2D eigenvalue weighted by molar-refractivity contribution is -0.141. The Hall–Kier alpha value is -3.01. The summed E-state index contributed by atoms with van der Waals surface area (Å²) in [7, 11) is -4.04. The van der Waals surface area contributed by atoms with Crippen LogP contribution in [0.25, 0.3) is 0 Å². The van der Waals surface area contributed by atoms with Gasteiger partial charge in [0.25, 0.3) is 0 Å². The van der Waals surface area contributed by atoms with Crippen molar-refractivity contribution in [2.45, 2.75) is 59.2 Å². The molecule has 0 bridgehead atoms. The number of anilines is 1. The summed E-state index contributed by atoms with van der Waals surface area (Å²) in [6.45, 7) is 8.47. The smallest absolute Gasteiger partial charge is 0.244 e. The number of amides is 2. The van der Waals surface area contributed by atoms with E-state index in [1.807, 2.05) is 52.0 Å².